The molecular formula is C23H20N4O2. The lowest BCUT2D eigenvalue weighted by Crippen LogP contribution is -2.27. The normalized spacial score (nSPS) is 10.7. The van der Waals surface area contributed by atoms with Crippen LogP contribution in [-0.2, 0) is 6.54 Å². The number of fused-ring (bicyclic) bond motifs is 1. The molecule has 0 fully saturated rings. The minimum absolute atomic E-state index is 0.182. The van der Waals surface area contributed by atoms with E-state index in [0.29, 0.717) is 12.1 Å². The molecule has 0 spiro atoms. The van der Waals surface area contributed by atoms with Gasteiger partial charge in [-0.25, -0.2) is 4.98 Å². The molecule has 4 rings (SSSR count). The number of hydrogen-bond acceptors (Lipinski definition) is 3. The van der Waals surface area contributed by atoms with Gasteiger partial charge in [-0.1, -0.05) is 54.6 Å². The van der Waals surface area contributed by atoms with Crippen molar-refractivity contribution in [2.24, 2.45) is 0 Å². The zero-order chi connectivity index (χ0) is 20.2. The Morgan fingerprint density at radius 3 is 2.31 bits per heavy atom. The predicted octanol–water partition coefficient (Wildman–Crippen LogP) is 3.54. The Hall–Kier alpha value is -3.93. The number of amides is 2. The average Bonchev–Trinajstić information content (AvgIpc) is 3.17. The summed E-state index contributed by atoms with van der Waals surface area (Å²) in [5, 5.41) is 2.87. The number of anilines is 1. The van der Waals surface area contributed by atoms with Crippen LogP contribution in [-0.4, -0.2) is 28.2 Å². The third-order valence-corrected chi connectivity index (χ3v) is 4.70. The van der Waals surface area contributed by atoms with Gasteiger partial charge in [0.1, 0.15) is 0 Å². The number of rotatable bonds is 5. The molecule has 0 aliphatic carbocycles. The summed E-state index contributed by atoms with van der Waals surface area (Å²) < 4.78 is 1.65. The van der Waals surface area contributed by atoms with Crippen LogP contribution in [0.4, 0.5) is 5.69 Å². The summed E-state index contributed by atoms with van der Waals surface area (Å²) in [5.41, 5.74) is 2.57. The molecule has 0 atom stereocenters. The number of aromatic nitrogens is 2. The predicted molar refractivity (Wildman–Crippen MR) is 112 cm³/mol. The average molecular weight is 384 g/mol. The summed E-state index contributed by atoms with van der Waals surface area (Å²) >= 11 is 0. The molecule has 0 bridgehead atoms. The van der Waals surface area contributed by atoms with Crippen molar-refractivity contribution in [1.29, 1.82) is 0 Å². The molecule has 6 nitrogen and oxygen atoms in total. The lowest BCUT2D eigenvalue weighted by Gasteiger charge is -2.16. The van der Waals surface area contributed by atoms with Crippen LogP contribution in [0.2, 0.25) is 0 Å². The van der Waals surface area contributed by atoms with Gasteiger partial charge in [0, 0.05) is 25.5 Å². The van der Waals surface area contributed by atoms with Gasteiger partial charge in [0.2, 0.25) is 5.82 Å². The molecule has 2 aromatic heterocycles. The zero-order valence-electron chi connectivity index (χ0n) is 15.9. The fourth-order valence-electron chi connectivity index (χ4n) is 3.14. The van der Waals surface area contributed by atoms with Crippen LogP contribution in [0, 0.1) is 0 Å². The van der Waals surface area contributed by atoms with Gasteiger partial charge in [-0.2, -0.15) is 0 Å². The minimum Gasteiger partial charge on any atom is -0.345 e. The van der Waals surface area contributed by atoms with Gasteiger partial charge in [-0.15, -0.1) is 0 Å². The van der Waals surface area contributed by atoms with Crippen molar-refractivity contribution >= 4 is 23.0 Å². The fraction of sp³-hybridized carbons (Fsp3) is 0.0870. The van der Waals surface area contributed by atoms with Crippen molar-refractivity contribution in [1.82, 2.24) is 14.7 Å². The highest BCUT2D eigenvalue weighted by Crippen LogP contribution is 2.19. The molecule has 29 heavy (non-hydrogen) atoms. The molecule has 2 amide bonds. The summed E-state index contributed by atoms with van der Waals surface area (Å²) in [7, 11) is 1.70. The second-order valence-corrected chi connectivity index (χ2v) is 6.61. The Labute approximate surface area is 168 Å². The van der Waals surface area contributed by atoms with Crippen LogP contribution in [0.3, 0.4) is 0 Å². The highest BCUT2D eigenvalue weighted by atomic mass is 16.2. The first-order valence-electron chi connectivity index (χ1n) is 9.27. The summed E-state index contributed by atoms with van der Waals surface area (Å²) in [4.78, 5) is 31.8. The van der Waals surface area contributed by atoms with E-state index < -0.39 is 0 Å². The van der Waals surface area contributed by atoms with Gasteiger partial charge < -0.3 is 10.2 Å². The van der Waals surface area contributed by atoms with Crippen LogP contribution in [0.25, 0.3) is 5.52 Å². The van der Waals surface area contributed by atoms with E-state index in [4.69, 9.17) is 0 Å². The van der Waals surface area contributed by atoms with E-state index in [2.05, 4.69) is 10.3 Å². The zero-order valence-corrected chi connectivity index (χ0v) is 15.9. The number of para-hydroxylation sites is 1. The first kappa shape index (κ1) is 18.4. The van der Waals surface area contributed by atoms with Crippen LogP contribution in [0.5, 0.6) is 0 Å². The largest absolute Gasteiger partial charge is 0.345 e. The molecule has 2 aromatic carbocycles. The van der Waals surface area contributed by atoms with E-state index in [0.717, 1.165) is 11.3 Å². The van der Waals surface area contributed by atoms with Gasteiger partial charge in [-0.3, -0.25) is 14.0 Å². The Morgan fingerprint density at radius 2 is 1.59 bits per heavy atom. The van der Waals surface area contributed by atoms with Crippen molar-refractivity contribution < 1.29 is 9.59 Å². The van der Waals surface area contributed by atoms with Gasteiger partial charge in [0.25, 0.3) is 11.8 Å². The number of nitrogens with zero attached hydrogens (tertiary/aromatic N) is 3. The standard InChI is InChI=1S/C23H20N4O2/c1-26(18-12-6-3-7-13-18)23(29)20-19-14-8-9-15-27(19)21(25-20)22(28)24-16-17-10-4-2-5-11-17/h2-15H,16H2,1H3,(H,24,28). The molecule has 2 heterocycles. The Bertz CT molecular complexity index is 1150. The topological polar surface area (TPSA) is 66.7 Å². The van der Waals surface area contributed by atoms with Crippen molar-refractivity contribution in [3.05, 3.63) is 102 Å². The van der Waals surface area contributed by atoms with Crippen molar-refractivity contribution in [3.63, 3.8) is 0 Å². The van der Waals surface area contributed by atoms with Gasteiger partial charge in [-0.05, 0) is 29.8 Å². The summed E-state index contributed by atoms with van der Waals surface area (Å²) in [6.45, 7) is 0.384. The van der Waals surface area contributed by atoms with Crippen LogP contribution in [0.15, 0.2) is 85.1 Å². The molecular weight excluding hydrogens is 364 g/mol. The molecule has 1 N–H and O–H groups in total. The highest BCUT2D eigenvalue weighted by molar-refractivity contribution is 6.10. The van der Waals surface area contributed by atoms with Gasteiger partial charge in [0.15, 0.2) is 5.69 Å². The maximum absolute atomic E-state index is 13.1. The minimum atomic E-state index is -0.337. The third-order valence-electron chi connectivity index (χ3n) is 4.70. The van der Waals surface area contributed by atoms with Crippen LogP contribution >= 0.6 is 0 Å². The number of carbonyl (C=O) groups excluding carboxylic acids is 2. The van der Waals surface area contributed by atoms with E-state index in [1.54, 1.807) is 29.8 Å². The molecule has 6 heteroatoms. The first-order valence-corrected chi connectivity index (χ1v) is 9.27. The SMILES string of the molecule is CN(C(=O)c1nc(C(=O)NCc2ccccc2)n2ccccc12)c1ccccc1. The number of benzene rings is 2. The first-order chi connectivity index (χ1) is 14.1. The molecule has 0 radical (unpaired) electrons. The summed E-state index contributed by atoms with van der Waals surface area (Å²) in [5.74, 6) is -0.431. The highest BCUT2D eigenvalue weighted by Gasteiger charge is 2.24. The summed E-state index contributed by atoms with van der Waals surface area (Å²) in [6.07, 6.45) is 1.74. The molecule has 0 saturated heterocycles. The monoisotopic (exact) mass is 384 g/mol. The van der Waals surface area contributed by atoms with Gasteiger partial charge in [0.05, 0.1) is 5.52 Å². The Kier molecular flexibility index (Phi) is 5.07. The molecule has 0 aliphatic rings. The Morgan fingerprint density at radius 1 is 0.931 bits per heavy atom. The number of imidazole rings is 1. The quantitative estimate of drug-likeness (QED) is 0.572. The summed E-state index contributed by atoms with van der Waals surface area (Å²) in [6, 6.07) is 24.4. The lowest BCUT2D eigenvalue weighted by molar-refractivity contribution is 0.0940. The van der Waals surface area contributed by atoms with Gasteiger partial charge >= 0.3 is 0 Å². The fourth-order valence-corrected chi connectivity index (χ4v) is 3.14. The second-order valence-electron chi connectivity index (χ2n) is 6.61. The molecule has 0 saturated carbocycles. The van der Waals surface area contributed by atoms with E-state index in [1.165, 1.54) is 4.90 Å². The molecule has 144 valence electrons. The van der Waals surface area contributed by atoms with Crippen molar-refractivity contribution in [2.75, 3.05) is 11.9 Å². The smallest absolute Gasteiger partial charge is 0.287 e. The van der Waals surface area contributed by atoms with Crippen molar-refractivity contribution in [2.45, 2.75) is 6.54 Å². The molecule has 0 aliphatic heterocycles. The number of hydrogen-bond donors (Lipinski definition) is 1. The number of pyridine rings is 1. The van der Waals surface area contributed by atoms with Crippen LogP contribution in [0.1, 0.15) is 26.7 Å². The molecule has 4 aromatic rings. The van der Waals surface area contributed by atoms with E-state index in [9.17, 15) is 9.59 Å². The Balaban J connectivity index is 1.64. The second kappa shape index (κ2) is 7.98. The third kappa shape index (κ3) is 3.73. The number of nitrogens with one attached hydrogen (secondary N) is 1. The maximum atomic E-state index is 13.1. The van der Waals surface area contributed by atoms with E-state index in [-0.39, 0.29) is 23.3 Å². The lowest BCUT2D eigenvalue weighted by atomic mass is 10.2. The molecule has 0 unspecified atom stereocenters. The van der Waals surface area contributed by atoms with Crippen molar-refractivity contribution in [3.8, 4) is 0 Å². The van der Waals surface area contributed by atoms with E-state index in [1.807, 2.05) is 66.7 Å². The van der Waals surface area contributed by atoms with Crippen LogP contribution < -0.4 is 10.2 Å². The number of carbonyl (C=O) groups is 2. The van der Waals surface area contributed by atoms with E-state index >= 15 is 0 Å². The maximum Gasteiger partial charge on any atom is 0.287 e.